The SMILES string of the molecule is CCOCCCN1CCN(C)CC1. The van der Waals surface area contributed by atoms with Gasteiger partial charge in [0.15, 0.2) is 0 Å². The molecule has 0 atom stereocenters. The van der Waals surface area contributed by atoms with Gasteiger partial charge in [0.25, 0.3) is 0 Å². The van der Waals surface area contributed by atoms with Crippen LogP contribution in [-0.2, 0) is 4.74 Å². The van der Waals surface area contributed by atoms with E-state index in [1.54, 1.807) is 0 Å². The first-order chi connectivity index (χ1) is 6.33. The fourth-order valence-electron chi connectivity index (χ4n) is 1.61. The first-order valence-corrected chi connectivity index (χ1v) is 5.31. The second-order valence-electron chi connectivity index (χ2n) is 3.70. The Bertz CT molecular complexity index is 122. The van der Waals surface area contributed by atoms with Crippen molar-refractivity contribution in [2.24, 2.45) is 0 Å². The van der Waals surface area contributed by atoms with E-state index in [-0.39, 0.29) is 0 Å². The lowest BCUT2D eigenvalue weighted by molar-refractivity contribution is 0.113. The summed E-state index contributed by atoms with van der Waals surface area (Å²) in [5.41, 5.74) is 0. The average Bonchev–Trinajstić information content (AvgIpc) is 2.15. The van der Waals surface area contributed by atoms with Gasteiger partial charge in [-0.25, -0.2) is 0 Å². The van der Waals surface area contributed by atoms with E-state index in [0.717, 1.165) is 13.2 Å². The maximum atomic E-state index is 5.31. The van der Waals surface area contributed by atoms with E-state index < -0.39 is 0 Å². The maximum absolute atomic E-state index is 5.31. The lowest BCUT2D eigenvalue weighted by Crippen LogP contribution is -2.44. The van der Waals surface area contributed by atoms with E-state index in [2.05, 4.69) is 23.8 Å². The molecular formula is C10H22N2O. The highest BCUT2D eigenvalue weighted by Gasteiger charge is 2.12. The van der Waals surface area contributed by atoms with Gasteiger partial charge in [0, 0.05) is 45.9 Å². The molecule has 13 heavy (non-hydrogen) atoms. The molecular weight excluding hydrogens is 164 g/mol. The van der Waals surface area contributed by atoms with Crippen LogP contribution in [0.15, 0.2) is 0 Å². The van der Waals surface area contributed by atoms with Crippen LogP contribution in [0.4, 0.5) is 0 Å². The molecule has 0 aliphatic carbocycles. The molecule has 78 valence electrons. The Morgan fingerprint density at radius 3 is 2.46 bits per heavy atom. The van der Waals surface area contributed by atoms with Crippen molar-refractivity contribution < 1.29 is 4.74 Å². The Morgan fingerprint density at radius 2 is 1.85 bits per heavy atom. The molecule has 0 amide bonds. The van der Waals surface area contributed by atoms with Crippen molar-refractivity contribution >= 4 is 0 Å². The van der Waals surface area contributed by atoms with Crippen LogP contribution in [0.2, 0.25) is 0 Å². The van der Waals surface area contributed by atoms with E-state index in [9.17, 15) is 0 Å². The van der Waals surface area contributed by atoms with Gasteiger partial charge < -0.3 is 14.5 Å². The first kappa shape index (κ1) is 11.0. The number of piperazine rings is 1. The van der Waals surface area contributed by atoms with Crippen molar-refractivity contribution in [3.8, 4) is 0 Å². The van der Waals surface area contributed by atoms with Gasteiger partial charge in [-0.2, -0.15) is 0 Å². The highest BCUT2D eigenvalue weighted by Crippen LogP contribution is 1.99. The summed E-state index contributed by atoms with van der Waals surface area (Å²) in [6.45, 7) is 9.91. The van der Waals surface area contributed by atoms with Gasteiger partial charge in [-0.15, -0.1) is 0 Å². The number of ether oxygens (including phenoxy) is 1. The van der Waals surface area contributed by atoms with Crippen LogP contribution >= 0.6 is 0 Å². The van der Waals surface area contributed by atoms with Gasteiger partial charge in [0.2, 0.25) is 0 Å². The summed E-state index contributed by atoms with van der Waals surface area (Å²) in [6.07, 6.45) is 1.18. The first-order valence-electron chi connectivity index (χ1n) is 5.31. The molecule has 0 aromatic heterocycles. The van der Waals surface area contributed by atoms with Gasteiger partial charge in [0.1, 0.15) is 0 Å². The standard InChI is InChI=1S/C10H22N2O/c1-3-13-10-4-5-12-8-6-11(2)7-9-12/h3-10H2,1-2H3. The van der Waals surface area contributed by atoms with Gasteiger partial charge in [-0.1, -0.05) is 0 Å². The molecule has 0 saturated carbocycles. The Kier molecular flexibility index (Phi) is 5.35. The molecule has 0 spiro atoms. The molecule has 1 aliphatic rings. The van der Waals surface area contributed by atoms with Crippen LogP contribution in [-0.4, -0.2) is 62.8 Å². The highest BCUT2D eigenvalue weighted by molar-refractivity contribution is 4.68. The van der Waals surface area contributed by atoms with Gasteiger partial charge in [0.05, 0.1) is 0 Å². The van der Waals surface area contributed by atoms with Crippen molar-refractivity contribution in [2.75, 3.05) is 53.0 Å². The molecule has 0 aromatic rings. The lowest BCUT2D eigenvalue weighted by Gasteiger charge is -2.32. The minimum atomic E-state index is 0.850. The molecule has 0 N–H and O–H groups in total. The van der Waals surface area contributed by atoms with Gasteiger partial charge in [-0.05, 0) is 20.4 Å². The second kappa shape index (κ2) is 6.35. The second-order valence-corrected chi connectivity index (χ2v) is 3.70. The molecule has 1 aliphatic heterocycles. The van der Waals surface area contributed by atoms with E-state index in [1.807, 2.05) is 0 Å². The van der Waals surface area contributed by atoms with Crippen LogP contribution in [0.5, 0.6) is 0 Å². The molecule has 0 radical (unpaired) electrons. The Hall–Kier alpha value is -0.120. The van der Waals surface area contributed by atoms with Crippen LogP contribution in [0.3, 0.4) is 0 Å². The van der Waals surface area contributed by atoms with E-state index >= 15 is 0 Å². The summed E-state index contributed by atoms with van der Waals surface area (Å²) >= 11 is 0. The number of hydrogen-bond acceptors (Lipinski definition) is 3. The summed E-state index contributed by atoms with van der Waals surface area (Å²) in [4.78, 5) is 4.91. The molecule has 0 bridgehead atoms. The van der Waals surface area contributed by atoms with Crippen LogP contribution in [0.25, 0.3) is 0 Å². The average molecular weight is 186 g/mol. The summed E-state index contributed by atoms with van der Waals surface area (Å²) in [6, 6.07) is 0. The van der Waals surface area contributed by atoms with Crippen LogP contribution in [0, 0.1) is 0 Å². The molecule has 1 fully saturated rings. The number of rotatable bonds is 5. The van der Waals surface area contributed by atoms with Crippen LogP contribution < -0.4 is 0 Å². The van der Waals surface area contributed by atoms with Gasteiger partial charge >= 0.3 is 0 Å². The van der Waals surface area contributed by atoms with E-state index in [4.69, 9.17) is 4.74 Å². The van der Waals surface area contributed by atoms with Crippen LogP contribution in [0.1, 0.15) is 13.3 Å². The predicted molar refractivity (Wildman–Crippen MR) is 55.0 cm³/mol. The molecule has 3 heteroatoms. The Labute approximate surface area is 81.7 Å². The third-order valence-electron chi connectivity index (χ3n) is 2.56. The summed E-state index contributed by atoms with van der Waals surface area (Å²) in [5, 5.41) is 0. The summed E-state index contributed by atoms with van der Waals surface area (Å²) < 4.78 is 5.31. The third-order valence-corrected chi connectivity index (χ3v) is 2.56. The number of hydrogen-bond donors (Lipinski definition) is 0. The lowest BCUT2D eigenvalue weighted by atomic mass is 10.3. The molecule has 0 unspecified atom stereocenters. The highest BCUT2D eigenvalue weighted by atomic mass is 16.5. The molecule has 1 saturated heterocycles. The fraction of sp³-hybridized carbons (Fsp3) is 1.00. The zero-order valence-corrected chi connectivity index (χ0v) is 8.96. The topological polar surface area (TPSA) is 15.7 Å². The number of likely N-dealkylation sites (N-methyl/N-ethyl adjacent to an activating group) is 1. The van der Waals surface area contributed by atoms with Crippen molar-refractivity contribution in [1.29, 1.82) is 0 Å². The smallest absolute Gasteiger partial charge is 0.0478 e. The fourth-order valence-corrected chi connectivity index (χ4v) is 1.61. The van der Waals surface area contributed by atoms with Crippen molar-refractivity contribution in [3.05, 3.63) is 0 Å². The van der Waals surface area contributed by atoms with E-state index in [0.29, 0.717) is 0 Å². The minimum Gasteiger partial charge on any atom is -0.382 e. The minimum absolute atomic E-state index is 0.850. The normalized spacial score (nSPS) is 20.8. The predicted octanol–water partition coefficient (Wildman–Crippen LogP) is 0.660. The monoisotopic (exact) mass is 186 g/mol. The zero-order valence-electron chi connectivity index (χ0n) is 8.96. The largest absolute Gasteiger partial charge is 0.382 e. The Morgan fingerprint density at radius 1 is 1.15 bits per heavy atom. The van der Waals surface area contributed by atoms with Crippen molar-refractivity contribution in [2.45, 2.75) is 13.3 Å². The van der Waals surface area contributed by atoms with Gasteiger partial charge in [-0.3, -0.25) is 0 Å². The number of nitrogens with zero attached hydrogens (tertiary/aromatic N) is 2. The molecule has 0 aromatic carbocycles. The van der Waals surface area contributed by atoms with Crippen molar-refractivity contribution in [3.63, 3.8) is 0 Å². The van der Waals surface area contributed by atoms with E-state index in [1.165, 1.54) is 39.1 Å². The molecule has 1 heterocycles. The Balaban J connectivity index is 1.96. The zero-order chi connectivity index (χ0) is 9.52. The summed E-state index contributed by atoms with van der Waals surface area (Å²) in [7, 11) is 2.19. The molecule has 3 nitrogen and oxygen atoms in total. The quantitative estimate of drug-likeness (QED) is 0.587. The van der Waals surface area contributed by atoms with Crippen molar-refractivity contribution in [1.82, 2.24) is 9.80 Å². The summed E-state index contributed by atoms with van der Waals surface area (Å²) in [5.74, 6) is 0. The third kappa shape index (κ3) is 4.60. The maximum Gasteiger partial charge on any atom is 0.0478 e. The molecule has 1 rings (SSSR count).